The molecule has 0 saturated carbocycles. The molecule has 1 N–H and O–H groups in total. The molecule has 1 aromatic carbocycles. The lowest BCUT2D eigenvalue weighted by atomic mass is 10.0. The van der Waals surface area contributed by atoms with E-state index in [2.05, 4.69) is 6.92 Å². The van der Waals surface area contributed by atoms with Crippen LogP contribution in [0.15, 0.2) is 18.2 Å². The third-order valence-electron chi connectivity index (χ3n) is 4.03. The molecule has 0 bridgehead atoms. The molecular weight excluding hydrogens is 245 g/mol. The molecule has 1 aliphatic rings. The van der Waals surface area contributed by atoms with E-state index in [4.69, 9.17) is 5.11 Å². The third-order valence-corrected chi connectivity index (χ3v) is 4.03. The fraction of sp³-hybridized carbons (Fsp3) is 0.533. The van der Waals surface area contributed by atoms with Crippen molar-refractivity contribution in [3.05, 3.63) is 35.1 Å². The number of aliphatic carboxylic acids is 1. The largest absolute Gasteiger partial charge is 0.480 e. The molecule has 19 heavy (non-hydrogen) atoms. The molecular formula is C15H20FNO2. The highest BCUT2D eigenvalue weighted by Crippen LogP contribution is 2.37. The number of carbonyl (C=O) groups is 1. The van der Waals surface area contributed by atoms with Gasteiger partial charge in [-0.05, 0) is 49.4 Å². The number of carboxylic acid groups (broad SMARTS) is 1. The fourth-order valence-corrected chi connectivity index (χ4v) is 2.87. The minimum absolute atomic E-state index is 0.0382. The van der Waals surface area contributed by atoms with Crippen LogP contribution >= 0.6 is 0 Å². The Labute approximate surface area is 113 Å². The minimum atomic E-state index is -0.809. The van der Waals surface area contributed by atoms with E-state index >= 15 is 0 Å². The second-order valence-electron chi connectivity index (χ2n) is 5.22. The number of rotatable bonds is 5. The first-order chi connectivity index (χ1) is 9.02. The van der Waals surface area contributed by atoms with Crippen LogP contribution in [-0.4, -0.2) is 28.6 Å². The Balaban J connectivity index is 2.27. The molecule has 0 fully saturated rings. The normalized spacial score (nSPS) is 19.5. The molecule has 2 unspecified atom stereocenters. The molecule has 104 valence electrons. The zero-order valence-electron chi connectivity index (χ0n) is 11.4. The zero-order chi connectivity index (χ0) is 14.0. The van der Waals surface area contributed by atoms with Crippen LogP contribution in [-0.2, 0) is 11.2 Å². The molecule has 1 aromatic rings. The Morgan fingerprint density at radius 1 is 1.58 bits per heavy atom. The average Bonchev–Trinajstić information content (AvgIpc) is 2.77. The number of aryl methyl sites for hydroxylation is 1. The molecule has 0 aliphatic heterocycles. The average molecular weight is 265 g/mol. The SMILES string of the molecule is CCC(C)N(CC(=O)O)C1CCc2cc(F)ccc21. The van der Waals surface area contributed by atoms with E-state index in [9.17, 15) is 9.18 Å². The van der Waals surface area contributed by atoms with E-state index in [-0.39, 0.29) is 24.4 Å². The number of hydrogen-bond donors (Lipinski definition) is 1. The van der Waals surface area contributed by atoms with Crippen molar-refractivity contribution in [3.63, 3.8) is 0 Å². The van der Waals surface area contributed by atoms with E-state index in [1.165, 1.54) is 6.07 Å². The van der Waals surface area contributed by atoms with Crippen LogP contribution in [0.3, 0.4) is 0 Å². The Morgan fingerprint density at radius 2 is 2.32 bits per heavy atom. The van der Waals surface area contributed by atoms with Crippen molar-refractivity contribution in [2.45, 2.75) is 45.2 Å². The van der Waals surface area contributed by atoms with E-state index < -0.39 is 5.97 Å². The highest BCUT2D eigenvalue weighted by atomic mass is 19.1. The summed E-state index contributed by atoms with van der Waals surface area (Å²) in [5, 5.41) is 9.08. The molecule has 2 atom stereocenters. The molecule has 0 radical (unpaired) electrons. The maximum atomic E-state index is 13.2. The molecule has 0 spiro atoms. The highest BCUT2D eigenvalue weighted by Gasteiger charge is 2.31. The fourth-order valence-electron chi connectivity index (χ4n) is 2.87. The smallest absolute Gasteiger partial charge is 0.317 e. The van der Waals surface area contributed by atoms with Gasteiger partial charge in [0.1, 0.15) is 5.82 Å². The minimum Gasteiger partial charge on any atom is -0.480 e. The summed E-state index contributed by atoms with van der Waals surface area (Å²) in [6.45, 7) is 4.14. The van der Waals surface area contributed by atoms with E-state index in [0.29, 0.717) is 0 Å². The van der Waals surface area contributed by atoms with Crippen molar-refractivity contribution in [1.82, 2.24) is 4.90 Å². The quantitative estimate of drug-likeness (QED) is 0.889. The van der Waals surface area contributed by atoms with Crippen molar-refractivity contribution < 1.29 is 14.3 Å². The Kier molecular flexibility index (Phi) is 4.20. The standard InChI is InChI=1S/C15H20FNO2/c1-3-10(2)17(9-15(18)19)14-7-4-11-8-12(16)5-6-13(11)14/h5-6,8,10,14H,3-4,7,9H2,1-2H3,(H,18,19). The Morgan fingerprint density at radius 3 is 2.95 bits per heavy atom. The first-order valence-corrected chi connectivity index (χ1v) is 6.78. The van der Waals surface area contributed by atoms with Gasteiger partial charge < -0.3 is 5.11 Å². The van der Waals surface area contributed by atoms with Crippen molar-refractivity contribution in [2.75, 3.05) is 6.54 Å². The maximum absolute atomic E-state index is 13.2. The summed E-state index contributed by atoms with van der Waals surface area (Å²) >= 11 is 0. The highest BCUT2D eigenvalue weighted by molar-refractivity contribution is 5.69. The molecule has 0 saturated heterocycles. The molecule has 0 heterocycles. The van der Waals surface area contributed by atoms with Gasteiger partial charge in [0.2, 0.25) is 0 Å². The van der Waals surface area contributed by atoms with Gasteiger partial charge in [0.05, 0.1) is 6.54 Å². The topological polar surface area (TPSA) is 40.5 Å². The Bertz CT molecular complexity index is 475. The van der Waals surface area contributed by atoms with Gasteiger partial charge in [0.25, 0.3) is 0 Å². The second-order valence-corrected chi connectivity index (χ2v) is 5.22. The molecule has 1 aliphatic carbocycles. The Hall–Kier alpha value is -1.42. The van der Waals surface area contributed by atoms with Gasteiger partial charge in [-0.15, -0.1) is 0 Å². The van der Waals surface area contributed by atoms with Gasteiger partial charge in [-0.25, -0.2) is 4.39 Å². The number of carboxylic acids is 1. The van der Waals surface area contributed by atoms with Crippen molar-refractivity contribution in [3.8, 4) is 0 Å². The maximum Gasteiger partial charge on any atom is 0.317 e. The van der Waals surface area contributed by atoms with Crippen LogP contribution in [0.1, 0.15) is 43.9 Å². The number of fused-ring (bicyclic) bond motifs is 1. The molecule has 2 rings (SSSR count). The third kappa shape index (κ3) is 2.95. The number of halogens is 1. The number of hydrogen-bond acceptors (Lipinski definition) is 2. The van der Waals surface area contributed by atoms with E-state index in [1.807, 2.05) is 11.8 Å². The summed E-state index contributed by atoms with van der Waals surface area (Å²) in [7, 11) is 0. The van der Waals surface area contributed by atoms with Crippen LogP contribution < -0.4 is 0 Å². The van der Waals surface area contributed by atoms with Crippen LogP contribution in [0, 0.1) is 5.82 Å². The van der Waals surface area contributed by atoms with E-state index in [0.717, 1.165) is 30.4 Å². The number of nitrogens with zero attached hydrogens (tertiary/aromatic N) is 1. The van der Waals surface area contributed by atoms with Crippen molar-refractivity contribution in [2.24, 2.45) is 0 Å². The lowest BCUT2D eigenvalue weighted by Gasteiger charge is -2.33. The van der Waals surface area contributed by atoms with Crippen LogP contribution in [0.5, 0.6) is 0 Å². The predicted octanol–water partition coefficient (Wildman–Crippen LogP) is 3.00. The van der Waals surface area contributed by atoms with Gasteiger partial charge in [-0.3, -0.25) is 9.69 Å². The molecule has 4 heteroatoms. The van der Waals surface area contributed by atoms with Crippen molar-refractivity contribution >= 4 is 5.97 Å². The van der Waals surface area contributed by atoms with Crippen LogP contribution in [0.4, 0.5) is 4.39 Å². The second kappa shape index (κ2) is 5.70. The predicted molar refractivity (Wildman–Crippen MR) is 71.6 cm³/mol. The summed E-state index contributed by atoms with van der Waals surface area (Å²) in [6, 6.07) is 5.15. The zero-order valence-corrected chi connectivity index (χ0v) is 11.4. The van der Waals surface area contributed by atoms with Gasteiger partial charge >= 0.3 is 5.97 Å². The van der Waals surface area contributed by atoms with Crippen LogP contribution in [0.25, 0.3) is 0 Å². The first-order valence-electron chi connectivity index (χ1n) is 6.78. The number of benzene rings is 1. The monoisotopic (exact) mass is 265 g/mol. The summed E-state index contributed by atoms with van der Waals surface area (Å²) in [5.74, 6) is -1.02. The lowest BCUT2D eigenvalue weighted by molar-refractivity contribution is -0.139. The van der Waals surface area contributed by atoms with Crippen LogP contribution in [0.2, 0.25) is 0 Å². The molecule has 3 nitrogen and oxygen atoms in total. The first kappa shape index (κ1) is 14.0. The van der Waals surface area contributed by atoms with Gasteiger partial charge in [0, 0.05) is 12.1 Å². The van der Waals surface area contributed by atoms with E-state index in [1.54, 1.807) is 12.1 Å². The summed E-state index contributed by atoms with van der Waals surface area (Å²) in [4.78, 5) is 13.1. The van der Waals surface area contributed by atoms with Crippen molar-refractivity contribution in [1.29, 1.82) is 0 Å². The lowest BCUT2D eigenvalue weighted by Crippen LogP contribution is -2.39. The summed E-state index contributed by atoms with van der Waals surface area (Å²) in [5.41, 5.74) is 2.10. The van der Waals surface area contributed by atoms with Gasteiger partial charge in [0.15, 0.2) is 0 Å². The molecule has 0 amide bonds. The molecule has 0 aromatic heterocycles. The van der Waals surface area contributed by atoms with Gasteiger partial charge in [-0.1, -0.05) is 13.0 Å². The van der Waals surface area contributed by atoms with Gasteiger partial charge in [-0.2, -0.15) is 0 Å². The summed E-state index contributed by atoms with van der Waals surface area (Å²) < 4.78 is 13.2. The summed E-state index contributed by atoms with van der Waals surface area (Å²) in [6.07, 6.45) is 2.60.